The van der Waals surface area contributed by atoms with Gasteiger partial charge in [-0.25, -0.2) is 23.5 Å². The second-order valence-electron chi connectivity index (χ2n) is 7.88. The zero-order chi connectivity index (χ0) is 24.9. The minimum atomic E-state index is -1.07. The fourth-order valence-corrected chi connectivity index (χ4v) is 3.97. The molecule has 35 heavy (non-hydrogen) atoms. The van der Waals surface area contributed by atoms with Crippen molar-refractivity contribution in [1.29, 1.82) is 0 Å². The summed E-state index contributed by atoms with van der Waals surface area (Å²) in [4.78, 5) is 44.3. The van der Waals surface area contributed by atoms with Crippen molar-refractivity contribution in [3.63, 3.8) is 0 Å². The number of anilines is 1. The van der Waals surface area contributed by atoms with Crippen molar-refractivity contribution in [3.8, 4) is 5.69 Å². The lowest BCUT2D eigenvalue weighted by Crippen LogP contribution is -2.44. The van der Waals surface area contributed by atoms with E-state index >= 15 is 0 Å². The van der Waals surface area contributed by atoms with E-state index in [1.807, 2.05) is 66.4 Å². The maximum Gasteiger partial charge on any atom is 0.355 e. The number of benzene rings is 3. The third-order valence-corrected chi connectivity index (χ3v) is 6.08. The van der Waals surface area contributed by atoms with Crippen molar-refractivity contribution in [3.05, 3.63) is 121 Å². The van der Waals surface area contributed by atoms with Gasteiger partial charge in [-0.3, -0.25) is 0 Å². The van der Waals surface area contributed by atoms with Gasteiger partial charge in [0, 0.05) is 17.6 Å². The number of carboxylic acids is 1. The normalized spacial score (nSPS) is 10.8. The van der Waals surface area contributed by atoms with Gasteiger partial charge < -0.3 is 10.0 Å². The van der Waals surface area contributed by atoms with Gasteiger partial charge in [0.1, 0.15) is 0 Å². The monoisotopic (exact) mass is 534 g/mol. The molecule has 3 aromatic carbocycles. The second-order valence-corrected chi connectivity index (χ2v) is 8.79. The molecule has 0 bridgehead atoms. The van der Waals surface area contributed by atoms with E-state index in [0.29, 0.717) is 18.8 Å². The fourth-order valence-electron chi connectivity index (χ4n) is 3.71. The lowest BCUT2D eigenvalue weighted by Gasteiger charge is -2.25. The van der Waals surface area contributed by atoms with Gasteiger partial charge in [-0.05, 0) is 54.4 Å². The third-order valence-electron chi connectivity index (χ3n) is 5.56. The molecule has 0 amide bonds. The van der Waals surface area contributed by atoms with E-state index in [1.165, 1.54) is 16.7 Å². The molecule has 178 valence electrons. The van der Waals surface area contributed by atoms with Crippen LogP contribution in [0, 0.1) is 0 Å². The highest BCUT2D eigenvalue weighted by molar-refractivity contribution is 9.10. The van der Waals surface area contributed by atoms with Crippen molar-refractivity contribution < 1.29 is 9.90 Å². The van der Waals surface area contributed by atoms with Crippen LogP contribution in [0.3, 0.4) is 0 Å². The lowest BCUT2D eigenvalue weighted by molar-refractivity contribution is 0.0697. The van der Waals surface area contributed by atoms with E-state index in [-0.39, 0.29) is 18.1 Å². The highest BCUT2D eigenvalue weighted by atomic mass is 79.9. The maximum atomic E-state index is 13.7. The van der Waals surface area contributed by atoms with Crippen LogP contribution in [-0.4, -0.2) is 31.7 Å². The van der Waals surface area contributed by atoms with E-state index in [4.69, 9.17) is 0 Å². The van der Waals surface area contributed by atoms with Gasteiger partial charge in [-0.2, -0.15) is 4.98 Å². The Morgan fingerprint density at radius 1 is 0.943 bits per heavy atom. The van der Waals surface area contributed by atoms with Crippen molar-refractivity contribution in [2.24, 2.45) is 0 Å². The fraction of sp³-hybridized carbons (Fsp3) is 0.154. The Hall–Kier alpha value is -3.98. The van der Waals surface area contributed by atoms with Crippen molar-refractivity contribution in [2.45, 2.75) is 20.0 Å². The molecule has 0 atom stereocenters. The molecule has 0 fully saturated rings. The molecule has 0 radical (unpaired) electrons. The van der Waals surface area contributed by atoms with Gasteiger partial charge in [-0.15, -0.1) is 0 Å². The van der Waals surface area contributed by atoms with Crippen molar-refractivity contribution in [2.75, 3.05) is 11.4 Å². The van der Waals surface area contributed by atoms with Gasteiger partial charge in [0.2, 0.25) is 5.95 Å². The summed E-state index contributed by atoms with van der Waals surface area (Å²) in [6.45, 7) is 2.90. The summed E-state index contributed by atoms with van der Waals surface area (Å²) in [7, 11) is 0. The molecule has 0 aliphatic rings. The molecule has 8 nitrogen and oxygen atoms in total. The van der Waals surface area contributed by atoms with Gasteiger partial charge in [0.05, 0.1) is 17.8 Å². The zero-order valence-electron chi connectivity index (χ0n) is 19.0. The molecule has 0 unspecified atom stereocenters. The van der Waals surface area contributed by atoms with Crippen LogP contribution in [-0.2, 0) is 13.1 Å². The summed E-state index contributed by atoms with van der Waals surface area (Å²) in [5.74, 6) is -0.872. The van der Waals surface area contributed by atoms with Crippen LogP contribution in [0.25, 0.3) is 5.69 Å². The predicted octanol–water partition coefficient (Wildman–Crippen LogP) is 3.93. The Morgan fingerprint density at radius 2 is 1.60 bits per heavy atom. The van der Waals surface area contributed by atoms with Crippen molar-refractivity contribution >= 4 is 27.8 Å². The smallest absolute Gasteiger partial charge is 0.355 e. The van der Waals surface area contributed by atoms with Gasteiger partial charge in [0.15, 0.2) is 0 Å². The Labute approximate surface area is 209 Å². The first kappa shape index (κ1) is 24.2. The Morgan fingerprint density at radius 3 is 2.20 bits per heavy atom. The zero-order valence-corrected chi connectivity index (χ0v) is 20.6. The average Bonchev–Trinajstić information content (AvgIpc) is 2.86. The van der Waals surface area contributed by atoms with Crippen LogP contribution < -0.4 is 16.3 Å². The Bertz CT molecular complexity index is 1450. The molecule has 0 spiro atoms. The molecule has 1 aromatic heterocycles. The Balaban J connectivity index is 1.87. The number of nitrogens with zero attached hydrogens (tertiary/aromatic N) is 4. The first-order chi connectivity index (χ1) is 16.9. The molecular weight excluding hydrogens is 512 g/mol. The first-order valence-electron chi connectivity index (χ1n) is 11.0. The number of carbonyl (C=O) groups is 1. The highest BCUT2D eigenvalue weighted by Gasteiger charge is 2.20. The van der Waals surface area contributed by atoms with Crippen molar-refractivity contribution in [1.82, 2.24) is 14.1 Å². The van der Waals surface area contributed by atoms with Gasteiger partial charge in [0.25, 0.3) is 0 Å². The van der Waals surface area contributed by atoms with Crippen LogP contribution in [0.1, 0.15) is 28.4 Å². The first-order valence-corrected chi connectivity index (χ1v) is 11.8. The number of aromatic nitrogens is 3. The molecule has 0 saturated heterocycles. The minimum absolute atomic E-state index is 0.0518. The largest absolute Gasteiger partial charge is 0.478 e. The summed E-state index contributed by atoms with van der Waals surface area (Å²) >= 11 is 3.38. The quantitative estimate of drug-likeness (QED) is 0.367. The number of rotatable bonds is 8. The summed E-state index contributed by atoms with van der Waals surface area (Å²) in [5, 5.41) is 9.27. The van der Waals surface area contributed by atoms with E-state index in [0.717, 1.165) is 20.2 Å². The SMILES string of the molecule is CCN(Cc1ccccc1)c1nc(=O)n(Cc2ccc(Br)cc2)c(=O)n1-c1ccc(C(=O)O)cc1. The summed E-state index contributed by atoms with van der Waals surface area (Å²) in [6, 6.07) is 22.9. The molecule has 0 aliphatic heterocycles. The van der Waals surface area contributed by atoms with Crippen LogP contribution in [0.15, 0.2) is 92.9 Å². The summed E-state index contributed by atoms with van der Waals surface area (Å²) in [6.07, 6.45) is 0. The molecule has 0 aliphatic carbocycles. The van der Waals surface area contributed by atoms with Crippen LogP contribution in [0.5, 0.6) is 0 Å². The van der Waals surface area contributed by atoms with Crippen LogP contribution >= 0.6 is 15.9 Å². The molecule has 1 heterocycles. The molecule has 4 aromatic rings. The van der Waals surface area contributed by atoms with Crippen LogP contribution in [0.4, 0.5) is 5.95 Å². The van der Waals surface area contributed by atoms with E-state index in [2.05, 4.69) is 20.9 Å². The number of aromatic carboxylic acids is 1. The topological polar surface area (TPSA) is 97.4 Å². The van der Waals surface area contributed by atoms with E-state index < -0.39 is 17.3 Å². The van der Waals surface area contributed by atoms with E-state index in [9.17, 15) is 19.5 Å². The van der Waals surface area contributed by atoms with E-state index in [1.54, 1.807) is 12.1 Å². The van der Waals surface area contributed by atoms with Gasteiger partial charge in [-0.1, -0.05) is 58.4 Å². The average molecular weight is 535 g/mol. The second kappa shape index (κ2) is 10.5. The number of halogens is 1. The predicted molar refractivity (Wildman–Crippen MR) is 137 cm³/mol. The number of hydrogen-bond donors (Lipinski definition) is 1. The number of hydrogen-bond acceptors (Lipinski definition) is 5. The molecule has 9 heteroatoms. The lowest BCUT2D eigenvalue weighted by atomic mass is 10.2. The highest BCUT2D eigenvalue weighted by Crippen LogP contribution is 2.18. The number of carboxylic acid groups (broad SMARTS) is 1. The molecule has 4 rings (SSSR count). The van der Waals surface area contributed by atoms with Gasteiger partial charge >= 0.3 is 17.3 Å². The Kier molecular flexibility index (Phi) is 7.26. The maximum absolute atomic E-state index is 13.7. The molecular formula is C26H23BrN4O4. The summed E-state index contributed by atoms with van der Waals surface area (Å²) in [5.41, 5.74) is 1.06. The summed E-state index contributed by atoms with van der Waals surface area (Å²) < 4.78 is 3.32. The molecule has 1 N–H and O–H groups in total. The standard InChI is InChI=1S/C26H23BrN4O4/c1-2-29(16-18-6-4-3-5-7-18)24-28-25(34)30(17-19-8-12-21(27)13-9-19)26(35)31(24)22-14-10-20(11-15-22)23(32)33/h3-15H,2,16-17H2,1H3,(H,32,33). The van der Waals surface area contributed by atoms with Crippen LogP contribution in [0.2, 0.25) is 0 Å². The third kappa shape index (κ3) is 5.41. The minimum Gasteiger partial charge on any atom is -0.478 e. The molecule has 0 saturated carbocycles.